The van der Waals surface area contributed by atoms with Gasteiger partial charge in [0, 0.05) is 6.42 Å². The predicted octanol–water partition coefficient (Wildman–Crippen LogP) is -1.98. The molecule has 3 atom stereocenters. The van der Waals surface area contributed by atoms with Crippen LogP contribution >= 0.6 is 0 Å². The predicted molar refractivity (Wildman–Crippen MR) is 89.9 cm³/mol. The highest BCUT2D eigenvalue weighted by atomic mass is 16.4. The van der Waals surface area contributed by atoms with Gasteiger partial charge in [0.2, 0.25) is 17.7 Å². The van der Waals surface area contributed by atoms with E-state index in [1.54, 1.807) is 13.8 Å². The van der Waals surface area contributed by atoms with E-state index in [-0.39, 0.29) is 25.3 Å². The lowest BCUT2D eigenvalue weighted by Crippen LogP contribution is -2.56. The SMILES string of the molecule is CC(NC(=O)C(CCC(=O)O)NC(=O)CN)C(=O)NC(C(=O)O)C(C)C. The number of aliphatic carboxylic acids is 2. The van der Waals surface area contributed by atoms with Crippen LogP contribution in [0.4, 0.5) is 0 Å². The first-order chi connectivity index (χ1) is 12.0. The standard InChI is InChI=1S/C15H26N4O7/c1-7(2)12(15(25)26)19-13(23)8(3)17-14(24)9(4-5-11(21)22)18-10(20)6-16/h7-9,12H,4-6,16H2,1-3H3,(H,17,24)(H,18,20)(H,19,23)(H,21,22)(H,25,26). The Morgan fingerprint density at radius 1 is 0.923 bits per heavy atom. The molecule has 0 saturated carbocycles. The van der Waals surface area contributed by atoms with Gasteiger partial charge in [0.25, 0.3) is 0 Å². The van der Waals surface area contributed by atoms with E-state index < -0.39 is 47.8 Å². The van der Waals surface area contributed by atoms with Gasteiger partial charge < -0.3 is 31.9 Å². The number of nitrogens with two attached hydrogens (primary N) is 1. The van der Waals surface area contributed by atoms with Crippen LogP contribution in [0.1, 0.15) is 33.6 Å². The smallest absolute Gasteiger partial charge is 0.326 e. The van der Waals surface area contributed by atoms with Crippen molar-refractivity contribution in [2.24, 2.45) is 11.7 Å². The zero-order valence-corrected chi connectivity index (χ0v) is 14.9. The molecule has 0 aromatic rings. The van der Waals surface area contributed by atoms with Gasteiger partial charge >= 0.3 is 11.9 Å². The van der Waals surface area contributed by atoms with Crippen molar-refractivity contribution in [2.45, 2.75) is 51.7 Å². The van der Waals surface area contributed by atoms with Gasteiger partial charge in [-0.3, -0.25) is 19.2 Å². The topological polar surface area (TPSA) is 188 Å². The molecule has 26 heavy (non-hydrogen) atoms. The Labute approximate surface area is 150 Å². The van der Waals surface area contributed by atoms with E-state index in [0.717, 1.165) is 0 Å². The Kier molecular flexibility index (Phi) is 9.89. The highest BCUT2D eigenvalue weighted by molar-refractivity contribution is 5.93. The van der Waals surface area contributed by atoms with E-state index in [0.29, 0.717) is 0 Å². The highest BCUT2D eigenvalue weighted by Crippen LogP contribution is 2.03. The molecule has 148 valence electrons. The van der Waals surface area contributed by atoms with Crippen molar-refractivity contribution in [3.05, 3.63) is 0 Å². The number of carbonyl (C=O) groups is 5. The minimum absolute atomic E-state index is 0.189. The van der Waals surface area contributed by atoms with Crippen molar-refractivity contribution in [3.8, 4) is 0 Å². The zero-order valence-electron chi connectivity index (χ0n) is 14.9. The third-order valence-corrected chi connectivity index (χ3v) is 3.47. The molecule has 0 aliphatic carbocycles. The molecule has 0 saturated heterocycles. The fourth-order valence-corrected chi connectivity index (χ4v) is 1.96. The number of nitrogens with one attached hydrogen (secondary N) is 3. The van der Waals surface area contributed by atoms with Crippen LogP contribution in [0, 0.1) is 5.92 Å². The van der Waals surface area contributed by atoms with Crippen LogP contribution in [0.25, 0.3) is 0 Å². The van der Waals surface area contributed by atoms with Gasteiger partial charge in [-0.05, 0) is 19.3 Å². The van der Waals surface area contributed by atoms with Crippen molar-refractivity contribution < 1.29 is 34.2 Å². The number of carbonyl (C=O) groups excluding carboxylic acids is 3. The number of hydrogen-bond acceptors (Lipinski definition) is 6. The maximum absolute atomic E-state index is 12.2. The molecule has 0 aromatic carbocycles. The van der Waals surface area contributed by atoms with E-state index in [9.17, 15) is 24.0 Å². The first-order valence-corrected chi connectivity index (χ1v) is 8.04. The molecule has 11 heteroatoms. The van der Waals surface area contributed by atoms with Gasteiger partial charge in [-0.15, -0.1) is 0 Å². The van der Waals surface area contributed by atoms with Crippen molar-refractivity contribution >= 4 is 29.7 Å². The maximum Gasteiger partial charge on any atom is 0.326 e. The van der Waals surface area contributed by atoms with E-state index in [2.05, 4.69) is 16.0 Å². The summed E-state index contributed by atoms with van der Waals surface area (Å²) in [5, 5.41) is 24.7. The first kappa shape index (κ1) is 23.3. The van der Waals surface area contributed by atoms with Crippen molar-refractivity contribution in [1.29, 1.82) is 0 Å². The van der Waals surface area contributed by atoms with Crippen LogP contribution in [-0.2, 0) is 24.0 Å². The molecule has 0 bridgehead atoms. The average Bonchev–Trinajstić information content (AvgIpc) is 2.54. The molecule has 7 N–H and O–H groups in total. The van der Waals surface area contributed by atoms with Crippen LogP contribution in [0.15, 0.2) is 0 Å². The molecule has 0 rings (SSSR count). The van der Waals surface area contributed by atoms with E-state index in [1.165, 1.54) is 6.92 Å². The minimum Gasteiger partial charge on any atom is -0.481 e. The molecule has 0 spiro atoms. The van der Waals surface area contributed by atoms with E-state index >= 15 is 0 Å². The summed E-state index contributed by atoms with van der Waals surface area (Å²) >= 11 is 0. The molecule has 3 unspecified atom stereocenters. The largest absolute Gasteiger partial charge is 0.481 e. The van der Waals surface area contributed by atoms with Crippen molar-refractivity contribution in [3.63, 3.8) is 0 Å². The third kappa shape index (κ3) is 8.42. The number of carboxylic acids is 2. The van der Waals surface area contributed by atoms with Gasteiger partial charge in [0.15, 0.2) is 0 Å². The second-order valence-corrected chi connectivity index (χ2v) is 6.06. The van der Waals surface area contributed by atoms with Crippen molar-refractivity contribution in [1.82, 2.24) is 16.0 Å². The number of hydrogen-bond donors (Lipinski definition) is 6. The molecular formula is C15H26N4O7. The summed E-state index contributed by atoms with van der Waals surface area (Å²) < 4.78 is 0. The summed E-state index contributed by atoms with van der Waals surface area (Å²) in [6.45, 7) is 4.19. The monoisotopic (exact) mass is 374 g/mol. The van der Waals surface area contributed by atoms with E-state index in [4.69, 9.17) is 15.9 Å². The van der Waals surface area contributed by atoms with Crippen LogP contribution in [-0.4, -0.2) is 64.5 Å². The summed E-state index contributed by atoms with van der Waals surface area (Å²) in [6.07, 6.45) is -0.567. The summed E-state index contributed by atoms with van der Waals surface area (Å²) in [4.78, 5) is 57.5. The van der Waals surface area contributed by atoms with Crippen LogP contribution < -0.4 is 21.7 Å². The first-order valence-electron chi connectivity index (χ1n) is 8.04. The lowest BCUT2D eigenvalue weighted by molar-refractivity contribution is -0.143. The Balaban J connectivity index is 4.92. The second-order valence-electron chi connectivity index (χ2n) is 6.06. The zero-order chi connectivity index (χ0) is 20.4. The van der Waals surface area contributed by atoms with Gasteiger partial charge in [-0.1, -0.05) is 13.8 Å². The average molecular weight is 374 g/mol. The molecule has 0 aliphatic rings. The number of rotatable bonds is 11. The Morgan fingerprint density at radius 2 is 1.50 bits per heavy atom. The third-order valence-electron chi connectivity index (χ3n) is 3.47. The Bertz CT molecular complexity index is 550. The molecule has 0 radical (unpaired) electrons. The van der Waals surface area contributed by atoms with Crippen LogP contribution in [0.5, 0.6) is 0 Å². The molecule has 0 aromatic heterocycles. The normalized spacial score (nSPS) is 14.0. The fraction of sp³-hybridized carbons (Fsp3) is 0.667. The molecule has 0 fully saturated rings. The van der Waals surface area contributed by atoms with Crippen molar-refractivity contribution in [2.75, 3.05) is 6.54 Å². The molecule has 0 heterocycles. The van der Waals surface area contributed by atoms with Gasteiger partial charge in [-0.2, -0.15) is 0 Å². The summed E-state index contributed by atoms with van der Waals surface area (Å²) in [6, 6.07) is -3.40. The quantitative estimate of drug-likeness (QED) is 0.240. The minimum atomic E-state index is -1.21. The molecule has 11 nitrogen and oxygen atoms in total. The lowest BCUT2D eigenvalue weighted by atomic mass is 10.0. The van der Waals surface area contributed by atoms with E-state index in [1.807, 2.05) is 0 Å². The lowest BCUT2D eigenvalue weighted by Gasteiger charge is -2.23. The second kappa shape index (κ2) is 11.0. The summed E-state index contributed by atoms with van der Waals surface area (Å²) in [5.41, 5.74) is 5.16. The van der Waals surface area contributed by atoms with Gasteiger partial charge in [-0.25, -0.2) is 4.79 Å². The fourth-order valence-electron chi connectivity index (χ4n) is 1.96. The Hall–Kier alpha value is -2.69. The number of amides is 3. The highest BCUT2D eigenvalue weighted by Gasteiger charge is 2.28. The number of carboxylic acid groups (broad SMARTS) is 2. The van der Waals surface area contributed by atoms with Gasteiger partial charge in [0.1, 0.15) is 18.1 Å². The van der Waals surface area contributed by atoms with Crippen LogP contribution in [0.3, 0.4) is 0 Å². The molecule has 3 amide bonds. The molecule has 0 aliphatic heterocycles. The summed E-state index contributed by atoms with van der Waals surface area (Å²) in [7, 11) is 0. The van der Waals surface area contributed by atoms with Crippen LogP contribution in [0.2, 0.25) is 0 Å². The van der Waals surface area contributed by atoms with Gasteiger partial charge in [0.05, 0.1) is 6.54 Å². The molecular weight excluding hydrogens is 348 g/mol. The Morgan fingerprint density at radius 3 is 1.92 bits per heavy atom. The maximum atomic E-state index is 12.2. The summed E-state index contributed by atoms with van der Waals surface area (Å²) in [5.74, 6) is -4.88.